The zero-order valence-corrected chi connectivity index (χ0v) is 13.3. The van der Waals surface area contributed by atoms with Gasteiger partial charge in [-0.2, -0.15) is 0 Å². The molecular weight excluding hydrogens is 264 g/mol. The predicted octanol–water partition coefficient (Wildman–Crippen LogP) is 4.41. The maximum atomic E-state index is 4.96. The third-order valence-corrected chi connectivity index (χ3v) is 5.05. The van der Waals surface area contributed by atoms with Crippen molar-refractivity contribution in [3.8, 4) is 10.6 Å². The topological polar surface area (TPSA) is 24.9 Å². The molecule has 106 valence electrons. The van der Waals surface area contributed by atoms with Crippen LogP contribution in [-0.2, 0) is 6.42 Å². The Kier molecular flexibility index (Phi) is 3.90. The molecule has 1 atom stereocenters. The lowest BCUT2D eigenvalue weighted by Gasteiger charge is -2.21. The van der Waals surface area contributed by atoms with E-state index in [1.165, 1.54) is 51.5 Å². The first-order chi connectivity index (χ1) is 9.67. The van der Waals surface area contributed by atoms with Crippen molar-refractivity contribution < 1.29 is 0 Å². The smallest absolute Gasteiger partial charge is 0.123 e. The fourth-order valence-electron chi connectivity index (χ4n) is 3.09. The number of nitrogens with one attached hydrogen (secondary N) is 1. The number of nitrogens with zero attached hydrogens (tertiary/aromatic N) is 1. The minimum Gasteiger partial charge on any atom is -0.309 e. The highest BCUT2D eigenvalue weighted by atomic mass is 32.1. The van der Waals surface area contributed by atoms with Gasteiger partial charge in [-0.05, 0) is 51.8 Å². The van der Waals surface area contributed by atoms with Gasteiger partial charge in [-0.3, -0.25) is 0 Å². The Balaban J connectivity index is 2.00. The third-order valence-electron chi connectivity index (χ3n) is 3.87. The summed E-state index contributed by atoms with van der Waals surface area (Å²) in [5, 5.41) is 4.76. The van der Waals surface area contributed by atoms with E-state index in [1.807, 2.05) is 11.3 Å². The molecule has 3 rings (SSSR count). The van der Waals surface area contributed by atoms with Crippen molar-refractivity contribution >= 4 is 11.3 Å². The second-order valence-electron chi connectivity index (χ2n) is 5.71. The van der Waals surface area contributed by atoms with Crippen molar-refractivity contribution in [2.24, 2.45) is 0 Å². The minimum absolute atomic E-state index is 0.458. The van der Waals surface area contributed by atoms with Crippen molar-refractivity contribution in [2.75, 3.05) is 6.54 Å². The summed E-state index contributed by atoms with van der Waals surface area (Å²) in [6.45, 7) is 7.50. The molecule has 1 aliphatic rings. The van der Waals surface area contributed by atoms with Gasteiger partial charge in [0, 0.05) is 10.4 Å². The molecule has 0 saturated heterocycles. The van der Waals surface area contributed by atoms with Crippen LogP contribution >= 0.6 is 11.3 Å². The zero-order valence-electron chi connectivity index (χ0n) is 12.5. The Labute approximate surface area is 125 Å². The van der Waals surface area contributed by atoms with Gasteiger partial charge in [-0.1, -0.05) is 24.1 Å². The lowest BCUT2D eigenvalue weighted by atomic mass is 9.97. The monoisotopic (exact) mass is 286 g/mol. The van der Waals surface area contributed by atoms with Gasteiger partial charge in [0.25, 0.3) is 0 Å². The van der Waals surface area contributed by atoms with Crippen LogP contribution in [-0.4, -0.2) is 11.5 Å². The summed E-state index contributed by atoms with van der Waals surface area (Å²) in [7, 11) is 0. The van der Waals surface area contributed by atoms with E-state index in [-0.39, 0.29) is 0 Å². The number of rotatable bonds is 3. The van der Waals surface area contributed by atoms with Crippen molar-refractivity contribution in [1.29, 1.82) is 0 Å². The second-order valence-corrected chi connectivity index (χ2v) is 6.79. The summed E-state index contributed by atoms with van der Waals surface area (Å²) < 4.78 is 0. The van der Waals surface area contributed by atoms with Gasteiger partial charge in [-0.25, -0.2) is 4.98 Å². The average molecular weight is 286 g/mol. The standard InChI is InChI=1S/C17H22N2S/c1-4-18-14-6-5-7-15-16(14)19-17(20-15)13-9-11(2)8-12(3)10-13/h8-10,14,18H,4-7H2,1-3H3. The third kappa shape index (κ3) is 2.65. The number of hydrogen-bond acceptors (Lipinski definition) is 3. The molecule has 0 bridgehead atoms. The lowest BCUT2D eigenvalue weighted by molar-refractivity contribution is 0.465. The SMILES string of the molecule is CCNC1CCCc2sc(-c3cc(C)cc(C)c3)nc21. The van der Waals surface area contributed by atoms with Gasteiger partial charge in [0.2, 0.25) is 0 Å². The normalized spacial score (nSPS) is 18.1. The molecule has 1 aromatic carbocycles. The van der Waals surface area contributed by atoms with E-state index in [4.69, 9.17) is 4.98 Å². The van der Waals surface area contributed by atoms with Crippen molar-refractivity contribution in [3.05, 3.63) is 39.9 Å². The van der Waals surface area contributed by atoms with E-state index in [1.54, 1.807) is 0 Å². The number of aryl methyl sites for hydroxylation is 3. The summed E-state index contributed by atoms with van der Waals surface area (Å²) in [4.78, 5) is 6.44. The Morgan fingerprint density at radius 1 is 1.25 bits per heavy atom. The molecule has 0 radical (unpaired) electrons. The van der Waals surface area contributed by atoms with Crippen molar-refractivity contribution in [1.82, 2.24) is 10.3 Å². The van der Waals surface area contributed by atoms with E-state index in [0.717, 1.165) is 6.54 Å². The highest BCUT2D eigenvalue weighted by Crippen LogP contribution is 2.37. The molecule has 1 unspecified atom stereocenters. The molecule has 0 fully saturated rings. The van der Waals surface area contributed by atoms with Crippen LogP contribution in [0, 0.1) is 13.8 Å². The number of thiazole rings is 1. The molecule has 0 amide bonds. The van der Waals surface area contributed by atoms with Crippen molar-refractivity contribution in [3.63, 3.8) is 0 Å². The molecule has 1 N–H and O–H groups in total. The fraction of sp³-hybridized carbons (Fsp3) is 0.471. The molecule has 1 heterocycles. The van der Waals surface area contributed by atoms with Gasteiger partial charge >= 0.3 is 0 Å². The summed E-state index contributed by atoms with van der Waals surface area (Å²) in [5.41, 5.74) is 5.21. The highest BCUT2D eigenvalue weighted by Gasteiger charge is 2.24. The molecule has 0 saturated carbocycles. The first-order valence-corrected chi connectivity index (χ1v) is 8.30. The van der Waals surface area contributed by atoms with Crippen LogP contribution in [0.4, 0.5) is 0 Å². The largest absolute Gasteiger partial charge is 0.309 e. The van der Waals surface area contributed by atoms with Crippen LogP contribution in [0.5, 0.6) is 0 Å². The summed E-state index contributed by atoms with van der Waals surface area (Å²) >= 11 is 1.88. The molecule has 0 aliphatic heterocycles. The molecule has 2 aromatic rings. The Morgan fingerprint density at radius 2 is 2.00 bits per heavy atom. The molecule has 2 nitrogen and oxygen atoms in total. The van der Waals surface area contributed by atoms with Crippen LogP contribution in [0.15, 0.2) is 18.2 Å². The molecule has 0 spiro atoms. The van der Waals surface area contributed by atoms with E-state index >= 15 is 0 Å². The van der Waals surface area contributed by atoms with Crippen molar-refractivity contribution in [2.45, 2.75) is 46.1 Å². The Bertz CT molecular complexity index is 595. The van der Waals surface area contributed by atoms with Gasteiger partial charge in [0.15, 0.2) is 0 Å². The van der Waals surface area contributed by atoms with E-state index in [2.05, 4.69) is 44.3 Å². The maximum absolute atomic E-state index is 4.96. The van der Waals surface area contributed by atoms with Crippen LogP contribution in [0.25, 0.3) is 10.6 Å². The van der Waals surface area contributed by atoms with Crippen LogP contribution in [0.2, 0.25) is 0 Å². The first kappa shape index (κ1) is 13.8. The van der Waals surface area contributed by atoms with Gasteiger partial charge < -0.3 is 5.32 Å². The number of benzene rings is 1. The van der Waals surface area contributed by atoms with Crippen LogP contribution in [0.3, 0.4) is 0 Å². The van der Waals surface area contributed by atoms with E-state index in [9.17, 15) is 0 Å². The fourth-order valence-corrected chi connectivity index (χ4v) is 4.24. The molecule has 20 heavy (non-hydrogen) atoms. The van der Waals surface area contributed by atoms with Crippen LogP contribution in [0.1, 0.15) is 47.5 Å². The summed E-state index contributed by atoms with van der Waals surface area (Å²) in [6.07, 6.45) is 3.69. The van der Waals surface area contributed by atoms with E-state index < -0.39 is 0 Å². The van der Waals surface area contributed by atoms with Gasteiger partial charge in [0.1, 0.15) is 5.01 Å². The van der Waals surface area contributed by atoms with E-state index in [0.29, 0.717) is 6.04 Å². The second kappa shape index (κ2) is 5.66. The molecular formula is C17H22N2S. The van der Waals surface area contributed by atoms with Gasteiger partial charge in [-0.15, -0.1) is 11.3 Å². The molecule has 1 aliphatic carbocycles. The predicted molar refractivity (Wildman–Crippen MR) is 86.4 cm³/mol. The summed E-state index contributed by atoms with van der Waals surface area (Å²) in [5.74, 6) is 0. The van der Waals surface area contributed by atoms with Gasteiger partial charge in [0.05, 0.1) is 11.7 Å². The first-order valence-electron chi connectivity index (χ1n) is 7.49. The average Bonchev–Trinajstić information content (AvgIpc) is 2.83. The number of aromatic nitrogens is 1. The minimum atomic E-state index is 0.458. The molecule has 3 heteroatoms. The zero-order chi connectivity index (χ0) is 14.1. The highest BCUT2D eigenvalue weighted by molar-refractivity contribution is 7.15. The number of fused-ring (bicyclic) bond motifs is 1. The quantitative estimate of drug-likeness (QED) is 0.903. The summed E-state index contributed by atoms with van der Waals surface area (Å²) in [6, 6.07) is 7.18. The maximum Gasteiger partial charge on any atom is 0.123 e. The number of hydrogen-bond donors (Lipinski definition) is 1. The Hall–Kier alpha value is -1.19. The molecule has 1 aromatic heterocycles. The lowest BCUT2D eigenvalue weighted by Crippen LogP contribution is -2.24. The Morgan fingerprint density at radius 3 is 2.70 bits per heavy atom. The van der Waals surface area contributed by atoms with Crippen LogP contribution < -0.4 is 5.32 Å².